The van der Waals surface area contributed by atoms with Crippen molar-refractivity contribution in [1.29, 1.82) is 0 Å². The van der Waals surface area contributed by atoms with Gasteiger partial charge < -0.3 is 4.74 Å². The molecule has 0 saturated heterocycles. The van der Waals surface area contributed by atoms with E-state index < -0.39 is 18.1 Å². The van der Waals surface area contributed by atoms with Gasteiger partial charge in [-0.2, -0.15) is 4.31 Å². The van der Waals surface area contributed by atoms with E-state index in [0.29, 0.717) is 18.0 Å². The predicted octanol–water partition coefficient (Wildman–Crippen LogP) is 6.33. The first kappa shape index (κ1) is 25.2. The molecule has 0 unspecified atom stereocenters. The Morgan fingerprint density at radius 3 is 2.32 bits per heavy atom. The highest BCUT2D eigenvalue weighted by Crippen LogP contribution is 2.44. The van der Waals surface area contributed by atoms with Gasteiger partial charge in [0.2, 0.25) is 10.0 Å². The van der Waals surface area contributed by atoms with Crippen LogP contribution in [0.3, 0.4) is 0 Å². The van der Waals surface area contributed by atoms with Crippen LogP contribution >= 0.6 is 0 Å². The summed E-state index contributed by atoms with van der Waals surface area (Å²) in [6.07, 6.45) is 4.50. The Morgan fingerprint density at radius 1 is 1.03 bits per heavy atom. The van der Waals surface area contributed by atoms with E-state index in [1.54, 1.807) is 19.2 Å². The fourth-order valence-electron chi connectivity index (χ4n) is 6.05. The molecule has 2 aromatic carbocycles. The quantitative estimate of drug-likeness (QED) is 0.420. The monoisotopic (exact) mass is 497 g/mol. The van der Waals surface area contributed by atoms with Gasteiger partial charge in [-0.3, -0.25) is 0 Å². The van der Waals surface area contributed by atoms with Crippen LogP contribution in [0, 0.1) is 12.8 Å². The van der Waals surface area contributed by atoms with Crippen molar-refractivity contribution in [3.63, 3.8) is 0 Å². The lowest BCUT2D eigenvalue weighted by Crippen LogP contribution is -2.43. The number of fused-ring (bicyclic) bond motifs is 3. The van der Waals surface area contributed by atoms with E-state index in [4.69, 9.17) is 4.74 Å². The summed E-state index contributed by atoms with van der Waals surface area (Å²) in [4.78, 5) is 0.408. The Balaban J connectivity index is 1.84. The number of benzene rings is 2. The minimum absolute atomic E-state index is 0.239. The second-order valence-corrected chi connectivity index (χ2v) is 17.3. The van der Waals surface area contributed by atoms with Crippen molar-refractivity contribution in [2.75, 3.05) is 20.2 Å². The predicted molar refractivity (Wildman–Crippen MR) is 143 cm³/mol. The van der Waals surface area contributed by atoms with Crippen LogP contribution in [0.15, 0.2) is 58.6 Å². The number of nitrogens with zero attached hydrogens (tertiary/aromatic N) is 1. The molecule has 4 nitrogen and oxygen atoms in total. The average Bonchev–Trinajstić information content (AvgIpc) is 3.06. The molecule has 6 heteroatoms. The van der Waals surface area contributed by atoms with Crippen molar-refractivity contribution in [1.82, 2.24) is 4.31 Å². The van der Waals surface area contributed by atoms with Crippen molar-refractivity contribution in [2.45, 2.75) is 69.5 Å². The molecule has 0 N–H and O–H groups in total. The third kappa shape index (κ3) is 4.52. The van der Waals surface area contributed by atoms with Crippen LogP contribution in [0.2, 0.25) is 18.1 Å². The molecule has 0 amide bonds. The highest BCUT2D eigenvalue weighted by atomic mass is 32.2. The molecule has 0 spiro atoms. The number of hydrogen-bond acceptors (Lipinski definition) is 3. The maximum Gasteiger partial charge on any atom is 0.243 e. The lowest BCUT2D eigenvalue weighted by molar-refractivity contribution is 0.325. The lowest BCUT2D eigenvalue weighted by Gasteiger charge is -2.34. The summed E-state index contributed by atoms with van der Waals surface area (Å²) in [6, 6.07) is 17.2. The van der Waals surface area contributed by atoms with Crippen LogP contribution in [-0.4, -0.2) is 41.0 Å². The summed E-state index contributed by atoms with van der Waals surface area (Å²) in [5.74, 6) is 1.39. The van der Waals surface area contributed by atoms with E-state index >= 15 is 0 Å². The molecule has 1 heterocycles. The van der Waals surface area contributed by atoms with Crippen LogP contribution in [-0.2, 0) is 16.4 Å². The molecule has 0 bridgehead atoms. The molecular weight excluding hydrogens is 458 g/mol. The summed E-state index contributed by atoms with van der Waals surface area (Å²) in [6.45, 7) is 10.0. The highest BCUT2D eigenvalue weighted by Gasteiger charge is 2.41. The van der Waals surface area contributed by atoms with Crippen molar-refractivity contribution < 1.29 is 13.2 Å². The third-order valence-electron chi connectivity index (χ3n) is 8.54. The van der Waals surface area contributed by atoms with Gasteiger partial charge in [0, 0.05) is 19.0 Å². The SMILES string of the molecule is CC[Si](CC)(CC)C1=C[C@@H]2c3cc(OC)ccc3CC[C@@H]2CN(S(=O)(=O)c2ccc(C)cc2)C1. The molecule has 0 aromatic heterocycles. The minimum atomic E-state index is -3.57. The van der Waals surface area contributed by atoms with Gasteiger partial charge in [-0.1, -0.05) is 73.9 Å². The topological polar surface area (TPSA) is 46.6 Å². The Labute approximate surface area is 207 Å². The van der Waals surface area contributed by atoms with Crippen molar-refractivity contribution in [3.05, 3.63) is 70.4 Å². The van der Waals surface area contributed by atoms with Crippen LogP contribution in [0.1, 0.15) is 49.8 Å². The standard InChI is InChI=1S/C28H39NO3SSi/c1-6-34(7-2,8-3)26-18-28-23(12-11-22-13-14-24(32-5)17-27(22)28)19-29(20-26)33(30,31)25-15-9-21(4)10-16-25/h9-10,13-18,23,28H,6-8,11-12,19-20H2,1-5H3/t23-,28+/m1/s1. The van der Waals surface area contributed by atoms with E-state index in [1.165, 1.54) is 16.3 Å². The van der Waals surface area contributed by atoms with Gasteiger partial charge in [0.15, 0.2) is 0 Å². The van der Waals surface area contributed by atoms with Crippen molar-refractivity contribution in [3.8, 4) is 5.75 Å². The molecule has 0 saturated carbocycles. The molecule has 0 radical (unpaired) electrons. The fourth-order valence-corrected chi connectivity index (χ4v) is 11.6. The molecule has 0 fully saturated rings. The molecule has 4 rings (SSSR count). The van der Waals surface area contributed by atoms with Gasteiger partial charge in [0.1, 0.15) is 5.75 Å². The van der Waals surface area contributed by atoms with Gasteiger partial charge in [0.05, 0.1) is 20.1 Å². The maximum absolute atomic E-state index is 13.9. The molecule has 184 valence electrons. The Kier molecular flexibility index (Phi) is 7.41. The van der Waals surface area contributed by atoms with E-state index in [2.05, 4.69) is 45.0 Å². The van der Waals surface area contributed by atoms with E-state index in [9.17, 15) is 8.42 Å². The first-order chi connectivity index (χ1) is 16.3. The maximum atomic E-state index is 13.9. The number of methoxy groups -OCH3 is 1. The highest BCUT2D eigenvalue weighted by molar-refractivity contribution is 7.89. The largest absolute Gasteiger partial charge is 0.497 e. The van der Waals surface area contributed by atoms with Crippen LogP contribution in [0.5, 0.6) is 5.75 Å². The number of sulfonamides is 1. The Morgan fingerprint density at radius 2 is 1.71 bits per heavy atom. The lowest BCUT2D eigenvalue weighted by atomic mass is 9.75. The number of allylic oxidation sites excluding steroid dienone is 1. The summed E-state index contributed by atoms with van der Waals surface area (Å²) in [7, 11) is -3.63. The molecular formula is C28H39NO3SSi. The molecule has 2 aliphatic rings. The summed E-state index contributed by atoms with van der Waals surface area (Å²) >= 11 is 0. The van der Waals surface area contributed by atoms with E-state index in [0.717, 1.165) is 42.3 Å². The Bertz CT molecular complexity index is 1140. The number of aryl methyl sites for hydroxylation is 2. The van der Waals surface area contributed by atoms with Crippen LogP contribution in [0.4, 0.5) is 0 Å². The number of rotatable bonds is 7. The first-order valence-corrected chi connectivity index (χ1v) is 16.8. The molecule has 1 aliphatic heterocycles. The molecule has 2 aromatic rings. The Hall–Kier alpha value is -1.89. The zero-order valence-corrected chi connectivity index (χ0v) is 23.1. The number of hydrogen-bond donors (Lipinski definition) is 0. The van der Waals surface area contributed by atoms with Gasteiger partial charge in [-0.15, -0.1) is 0 Å². The zero-order valence-electron chi connectivity index (χ0n) is 21.3. The van der Waals surface area contributed by atoms with Crippen molar-refractivity contribution >= 4 is 18.1 Å². The zero-order chi connectivity index (χ0) is 24.5. The van der Waals surface area contributed by atoms with E-state index in [-0.39, 0.29) is 11.8 Å². The van der Waals surface area contributed by atoms with Gasteiger partial charge in [-0.05, 0) is 61.1 Å². The van der Waals surface area contributed by atoms with Gasteiger partial charge in [0.25, 0.3) is 0 Å². The molecule has 34 heavy (non-hydrogen) atoms. The summed E-state index contributed by atoms with van der Waals surface area (Å²) < 4.78 is 35.2. The minimum Gasteiger partial charge on any atom is -0.497 e. The van der Waals surface area contributed by atoms with Crippen LogP contribution in [0.25, 0.3) is 0 Å². The summed E-state index contributed by atoms with van der Waals surface area (Å²) in [5, 5.41) is 1.42. The van der Waals surface area contributed by atoms with E-state index in [1.807, 2.05) is 23.4 Å². The smallest absolute Gasteiger partial charge is 0.243 e. The number of ether oxygens (including phenoxy) is 1. The average molecular weight is 498 g/mol. The van der Waals surface area contributed by atoms with Gasteiger partial charge >= 0.3 is 0 Å². The first-order valence-electron chi connectivity index (χ1n) is 12.7. The second-order valence-electron chi connectivity index (χ2n) is 10.0. The van der Waals surface area contributed by atoms with Crippen LogP contribution < -0.4 is 4.74 Å². The fraction of sp³-hybridized carbons (Fsp3) is 0.500. The molecule has 2 atom stereocenters. The van der Waals surface area contributed by atoms with Gasteiger partial charge in [-0.25, -0.2) is 8.42 Å². The normalized spacial score (nSPS) is 21.3. The van der Waals surface area contributed by atoms with Crippen molar-refractivity contribution in [2.24, 2.45) is 5.92 Å². The summed E-state index contributed by atoms with van der Waals surface area (Å²) in [5.41, 5.74) is 3.78. The third-order valence-corrected chi connectivity index (χ3v) is 16.1. The molecule has 1 aliphatic carbocycles. The second kappa shape index (κ2) is 10.00.